The summed E-state index contributed by atoms with van der Waals surface area (Å²) in [4.78, 5) is 29.5. The molecule has 0 saturated carbocycles. The highest BCUT2D eigenvalue weighted by atomic mass is 35.5. The van der Waals surface area contributed by atoms with Crippen LogP contribution in [0.5, 0.6) is 0 Å². The standard InChI is InChI=1S/C29H33ClN4O2/c1-20(35)34-27-8-6-5-7-25(27)26(32-24-15-13-23(30)14-16-24)19-29(34,2)22-11-9-21(10-12-22)28(36)31-17-18-33(3)4/h5-16,26,32H,17-19H2,1-4H3,(H,31,36)/t26-,29+/m1/s1. The van der Waals surface area contributed by atoms with Crippen LogP contribution in [-0.4, -0.2) is 43.9 Å². The minimum Gasteiger partial charge on any atom is -0.378 e. The van der Waals surface area contributed by atoms with Crippen LogP contribution >= 0.6 is 11.6 Å². The number of amides is 2. The van der Waals surface area contributed by atoms with E-state index in [9.17, 15) is 9.59 Å². The molecule has 3 aromatic rings. The Bertz CT molecular complexity index is 1230. The Labute approximate surface area is 218 Å². The van der Waals surface area contributed by atoms with Crippen molar-refractivity contribution in [2.45, 2.75) is 31.8 Å². The molecule has 36 heavy (non-hydrogen) atoms. The number of halogens is 1. The first-order valence-corrected chi connectivity index (χ1v) is 12.5. The molecular weight excluding hydrogens is 472 g/mol. The summed E-state index contributed by atoms with van der Waals surface area (Å²) >= 11 is 6.09. The van der Waals surface area contributed by atoms with Crippen LogP contribution in [0.25, 0.3) is 0 Å². The van der Waals surface area contributed by atoms with Crippen molar-refractivity contribution in [3.05, 3.63) is 94.5 Å². The van der Waals surface area contributed by atoms with Gasteiger partial charge in [0.25, 0.3) is 5.91 Å². The van der Waals surface area contributed by atoms with Gasteiger partial charge in [-0.15, -0.1) is 0 Å². The summed E-state index contributed by atoms with van der Waals surface area (Å²) in [6.45, 7) is 5.05. The van der Waals surface area contributed by atoms with E-state index in [-0.39, 0.29) is 17.9 Å². The third-order valence-corrected chi connectivity index (χ3v) is 7.01. The monoisotopic (exact) mass is 504 g/mol. The number of likely N-dealkylation sites (N-methyl/N-ethyl adjacent to an activating group) is 1. The molecule has 0 spiro atoms. The molecule has 0 fully saturated rings. The van der Waals surface area contributed by atoms with Gasteiger partial charge in [-0.2, -0.15) is 0 Å². The smallest absolute Gasteiger partial charge is 0.251 e. The number of nitrogens with zero attached hydrogens (tertiary/aromatic N) is 2. The third-order valence-electron chi connectivity index (χ3n) is 6.76. The average Bonchev–Trinajstić information content (AvgIpc) is 2.85. The molecule has 7 heteroatoms. The highest BCUT2D eigenvalue weighted by molar-refractivity contribution is 6.30. The fourth-order valence-electron chi connectivity index (χ4n) is 4.97. The van der Waals surface area contributed by atoms with Gasteiger partial charge in [0.2, 0.25) is 5.91 Å². The van der Waals surface area contributed by atoms with Crippen LogP contribution in [0.3, 0.4) is 0 Å². The number of fused-ring (bicyclic) bond motifs is 1. The summed E-state index contributed by atoms with van der Waals surface area (Å²) < 4.78 is 0. The Hall–Kier alpha value is -3.35. The van der Waals surface area contributed by atoms with Crippen molar-refractivity contribution in [2.75, 3.05) is 37.4 Å². The Kier molecular flexibility index (Phi) is 7.67. The van der Waals surface area contributed by atoms with Crippen LogP contribution in [0, 0.1) is 0 Å². The van der Waals surface area contributed by atoms with E-state index in [0.29, 0.717) is 23.6 Å². The molecule has 0 unspecified atom stereocenters. The zero-order chi connectivity index (χ0) is 25.9. The molecule has 0 radical (unpaired) electrons. The van der Waals surface area contributed by atoms with Crippen LogP contribution in [0.4, 0.5) is 11.4 Å². The number of para-hydroxylation sites is 1. The summed E-state index contributed by atoms with van der Waals surface area (Å²) in [7, 11) is 3.94. The van der Waals surface area contributed by atoms with Gasteiger partial charge in [0.15, 0.2) is 0 Å². The lowest BCUT2D eigenvalue weighted by atomic mass is 9.77. The lowest BCUT2D eigenvalue weighted by Gasteiger charge is -2.49. The summed E-state index contributed by atoms with van der Waals surface area (Å²) in [5.74, 6) is -0.131. The number of anilines is 2. The maximum absolute atomic E-state index is 13.0. The van der Waals surface area contributed by atoms with Crippen molar-refractivity contribution in [2.24, 2.45) is 0 Å². The van der Waals surface area contributed by atoms with Crippen LogP contribution in [0.15, 0.2) is 72.8 Å². The Morgan fingerprint density at radius 2 is 1.69 bits per heavy atom. The fourth-order valence-corrected chi connectivity index (χ4v) is 5.09. The van der Waals surface area contributed by atoms with Gasteiger partial charge in [0.1, 0.15) is 0 Å². The summed E-state index contributed by atoms with van der Waals surface area (Å²) in [6.07, 6.45) is 0.653. The number of benzene rings is 3. The minimum atomic E-state index is -0.621. The van der Waals surface area contributed by atoms with E-state index >= 15 is 0 Å². The molecule has 1 aliphatic rings. The molecule has 2 N–H and O–H groups in total. The summed E-state index contributed by atoms with van der Waals surface area (Å²) in [6, 6.07) is 23.2. The Balaban J connectivity index is 1.67. The second-order valence-corrected chi connectivity index (χ2v) is 10.2. The maximum atomic E-state index is 13.0. The topological polar surface area (TPSA) is 64.7 Å². The largest absolute Gasteiger partial charge is 0.378 e. The number of hydrogen-bond acceptors (Lipinski definition) is 4. The SMILES string of the molecule is CC(=O)N1c2ccccc2[C@H](Nc2ccc(Cl)cc2)C[C@@]1(C)c1ccc(C(=O)NCCN(C)C)cc1. The first kappa shape index (κ1) is 25.7. The molecule has 4 rings (SSSR count). The van der Waals surface area contributed by atoms with Crippen LogP contribution in [0.2, 0.25) is 5.02 Å². The van der Waals surface area contributed by atoms with Gasteiger partial charge >= 0.3 is 0 Å². The van der Waals surface area contributed by atoms with Gasteiger partial charge in [0, 0.05) is 42.0 Å². The molecule has 188 valence electrons. The van der Waals surface area contributed by atoms with E-state index in [0.717, 1.165) is 29.0 Å². The van der Waals surface area contributed by atoms with E-state index in [1.54, 1.807) is 6.92 Å². The zero-order valence-electron chi connectivity index (χ0n) is 21.2. The third kappa shape index (κ3) is 5.40. The van der Waals surface area contributed by atoms with E-state index in [1.807, 2.05) is 90.6 Å². The molecule has 1 heterocycles. The number of hydrogen-bond donors (Lipinski definition) is 2. The van der Waals surface area contributed by atoms with Gasteiger partial charge in [-0.25, -0.2) is 0 Å². The molecule has 0 aromatic heterocycles. The predicted octanol–water partition coefficient (Wildman–Crippen LogP) is 5.46. The predicted molar refractivity (Wildman–Crippen MR) is 147 cm³/mol. The van der Waals surface area contributed by atoms with Crippen molar-refractivity contribution in [3.8, 4) is 0 Å². The minimum absolute atomic E-state index is 0.0274. The molecular formula is C29H33ClN4O2. The molecule has 6 nitrogen and oxygen atoms in total. The van der Waals surface area contributed by atoms with Gasteiger partial charge < -0.3 is 20.4 Å². The van der Waals surface area contributed by atoms with Gasteiger partial charge in [-0.05, 0) is 81.0 Å². The quantitative estimate of drug-likeness (QED) is 0.448. The maximum Gasteiger partial charge on any atom is 0.251 e. The Morgan fingerprint density at radius 1 is 1.03 bits per heavy atom. The van der Waals surface area contributed by atoms with Gasteiger partial charge in [0.05, 0.1) is 11.6 Å². The fraction of sp³-hybridized carbons (Fsp3) is 0.310. The molecule has 0 aliphatic carbocycles. The van der Waals surface area contributed by atoms with Crippen molar-refractivity contribution in [1.82, 2.24) is 10.2 Å². The lowest BCUT2D eigenvalue weighted by molar-refractivity contribution is -0.118. The van der Waals surface area contributed by atoms with Crippen molar-refractivity contribution < 1.29 is 9.59 Å². The summed E-state index contributed by atoms with van der Waals surface area (Å²) in [5, 5.41) is 7.28. The van der Waals surface area contributed by atoms with Crippen LogP contribution in [0.1, 0.15) is 47.8 Å². The first-order chi connectivity index (χ1) is 17.2. The highest BCUT2D eigenvalue weighted by Crippen LogP contribution is 2.48. The first-order valence-electron chi connectivity index (χ1n) is 12.1. The second kappa shape index (κ2) is 10.7. The van der Waals surface area contributed by atoms with Crippen molar-refractivity contribution in [3.63, 3.8) is 0 Å². The average molecular weight is 505 g/mol. The second-order valence-electron chi connectivity index (χ2n) is 9.73. The van der Waals surface area contributed by atoms with Crippen LogP contribution < -0.4 is 15.5 Å². The van der Waals surface area contributed by atoms with Crippen molar-refractivity contribution >= 4 is 34.8 Å². The Morgan fingerprint density at radius 3 is 2.33 bits per heavy atom. The highest BCUT2D eigenvalue weighted by Gasteiger charge is 2.44. The summed E-state index contributed by atoms with van der Waals surface area (Å²) in [5.41, 5.74) is 3.86. The van der Waals surface area contributed by atoms with E-state index in [4.69, 9.17) is 11.6 Å². The van der Waals surface area contributed by atoms with E-state index in [1.165, 1.54) is 0 Å². The molecule has 2 amide bonds. The number of rotatable bonds is 7. The lowest BCUT2D eigenvalue weighted by Crippen LogP contribution is -2.51. The zero-order valence-corrected chi connectivity index (χ0v) is 22.0. The van der Waals surface area contributed by atoms with E-state index < -0.39 is 5.54 Å². The molecule has 0 saturated heterocycles. The number of nitrogens with one attached hydrogen (secondary N) is 2. The molecule has 2 atom stereocenters. The number of carbonyl (C=O) groups excluding carboxylic acids is 2. The van der Waals surface area contributed by atoms with Crippen molar-refractivity contribution in [1.29, 1.82) is 0 Å². The molecule has 1 aliphatic heterocycles. The number of carbonyl (C=O) groups is 2. The van der Waals surface area contributed by atoms with Gasteiger partial charge in [-0.1, -0.05) is 41.9 Å². The van der Waals surface area contributed by atoms with Crippen LogP contribution in [-0.2, 0) is 10.3 Å². The normalized spacial score (nSPS) is 19.1. The molecule has 0 bridgehead atoms. The van der Waals surface area contributed by atoms with E-state index in [2.05, 4.69) is 23.6 Å². The van der Waals surface area contributed by atoms with Gasteiger partial charge in [-0.3, -0.25) is 9.59 Å². The molecule has 3 aromatic carbocycles.